The van der Waals surface area contributed by atoms with Crippen LogP contribution in [0.1, 0.15) is 43.6 Å². The number of nitrogens with one attached hydrogen (secondary N) is 1. The minimum Gasteiger partial charge on any atom is -0.282 e. The molecule has 1 atom stereocenters. The van der Waals surface area contributed by atoms with Gasteiger partial charge in [-0.05, 0) is 38.2 Å². The predicted octanol–water partition coefficient (Wildman–Crippen LogP) is 3.01. The van der Waals surface area contributed by atoms with Gasteiger partial charge in [0.15, 0.2) is 0 Å². The number of aryl methyl sites for hydroxylation is 2. The molecule has 1 heterocycles. The Bertz CT molecular complexity index is 244. The monoisotopic (exact) mass is 180 g/mol. The summed E-state index contributed by atoms with van der Waals surface area (Å²) in [5, 5.41) is 7.22. The Morgan fingerprint density at radius 1 is 1.38 bits per heavy atom. The Hall–Kier alpha value is -0.790. The number of nitrogens with zero attached hydrogens (tertiary/aromatic N) is 1. The van der Waals surface area contributed by atoms with E-state index in [1.165, 1.54) is 36.2 Å². The second kappa shape index (κ2) is 4.45. The van der Waals surface area contributed by atoms with E-state index in [-0.39, 0.29) is 0 Å². The Morgan fingerprint density at radius 3 is 2.54 bits per heavy atom. The zero-order chi connectivity index (χ0) is 9.84. The normalized spacial score (nSPS) is 13.2. The highest BCUT2D eigenvalue weighted by molar-refractivity contribution is 5.23. The third kappa shape index (κ3) is 2.58. The topological polar surface area (TPSA) is 28.7 Å². The molecule has 0 spiro atoms. The van der Waals surface area contributed by atoms with Gasteiger partial charge in [0.25, 0.3) is 0 Å². The summed E-state index contributed by atoms with van der Waals surface area (Å²) in [6, 6.07) is 0. The number of aromatic nitrogens is 2. The van der Waals surface area contributed by atoms with Crippen molar-refractivity contribution in [2.24, 2.45) is 5.92 Å². The van der Waals surface area contributed by atoms with Gasteiger partial charge in [-0.15, -0.1) is 0 Å². The van der Waals surface area contributed by atoms with Gasteiger partial charge >= 0.3 is 0 Å². The SMILES string of the molecule is CCC(C)CCc1c(C)n[nH]c1C. The van der Waals surface area contributed by atoms with E-state index >= 15 is 0 Å². The molecule has 0 amide bonds. The first kappa shape index (κ1) is 10.3. The molecule has 0 aliphatic rings. The molecule has 1 rings (SSSR count). The Kier molecular flexibility index (Phi) is 3.52. The molecule has 1 aromatic heterocycles. The van der Waals surface area contributed by atoms with Crippen molar-refractivity contribution in [1.82, 2.24) is 10.2 Å². The summed E-state index contributed by atoms with van der Waals surface area (Å²) < 4.78 is 0. The van der Waals surface area contributed by atoms with Crippen molar-refractivity contribution in [3.63, 3.8) is 0 Å². The number of hydrogen-bond donors (Lipinski definition) is 1. The molecule has 0 radical (unpaired) electrons. The van der Waals surface area contributed by atoms with Crippen molar-refractivity contribution < 1.29 is 0 Å². The molecule has 0 bridgehead atoms. The van der Waals surface area contributed by atoms with E-state index in [0.717, 1.165) is 5.92 Å². The maximum atomic E-state index is 4.19. The van der Waals surface area contributed by atoms with Gasteiger partial charge in [-0.3, -0.25) is 5.10 Å². The molecule has 0 fully saturated rings. The number of rotatable bonds is 4. The molecule has 1 N–H and O–H groups in total. The van der Waals surface area contributed by atoms with E-state index in [9.17, 15) is 0 Å². The summed E-state index contributed by atoms with van der Waals surface area (Å²) in [4.78, 5) is 0. The van der Waals surface area contributed by atoms with Crippen molar-refractivity contribution in [1.29, 1.82) is 0 Å². The molecular formula is C11H20N2. The van der Waals surface area contributed by atoms with E-state index < -0.39 is 0 Å². The highest BCUT2D eigenvalue weighted by atomic mass is 15.1. The molecule has 13 heavy (non-hydrogen) atoms. The lowest BCUT2D eigenvalue weighted by Gasteiger charge is -2.07. The summed E-state index contributed by atoms with van der Waals surface area (Å²) in [5.74, 6) is 0.827. The number of aromatic amines is 1. The third-order valence-electron chi connectivity index (χ3n) is 2.86. The van der Waals surface area contributed by atoms with Crippen LogP contribution < -0.4 is 0 Å². The lowest BCUT2D eigenvalue weighted by molar-refractivity contribution is 0.515. The quantitative estimate of drug-likeness (QED) is 0.758. The summed E-state index contributed by atoms with van der Waals surface area (Å²) in [6.07, 6.45) is 3.72. The molecule has 0 aliphatic heterocycles. The van der Waals surface area contributed by atoms with Crippen molar-refractivity contribution in [3.05, 3.63) is 17.0 Å². The minimum absolute atomic E-state index is 0.827. The van der Waals surface area contributed by atoms with Crippen LogP contribution in [0.4, 0.5) is 0 Å². The van der Waals surface area contributed by atoms with Crippen molar-refractivity contribution in [3.8, 4) is 0 Å². The lowest BCUT2D eigenvalue weighted by atomic mass is 9.98. The number of hydrogen-bond acceptors (Lipinski definition) is 1. The molecule has 0 aliphatic carbocycles. The van der Waals surface area contributed by atoms with Gasteiger partial charge < -0.3 is 0 Å². The molecule has 2 heteroatoms. The molecule has 2 nitrogen and oxygen atoms in total. The summed E-state index contributed by atoms with van der Waals surface area (Å²) in [5.41, 5.74) is 3.82. The molecule has 0 aromatic carbocycles. The average Bonchev–Trinajstić information content (AvgIpc) is 2.43. The van der Waals surface area contributed by atoms with Crippen LogP contribution in [-0.4, -0.2) is 10.2 Å². The Labute approximate surface area is 80.7 Å². The second-order valence-corrected chi connectivity index (χ2v) is 3.96. The summed E-state index contributed by atoms with van der Waals surface area (Å²) in [7, 11) is 0. The van der Waals surface area contributed by atoms with E-state index in [1.54, 1.807) is 0 Å². The van der Waals surface area contributed by atoms with Gasteiger partial charge in [0.05, 0.1) is 5.69 Å². The van der Waals surface area contributed by atoms with Crippen LogP contribution in [0, 0.1) is 19.8 Å². The van der Waals surface area contributed by atoms with Crippen molar-refractivity contribution in [2.75, 3.05) is 0 Å². The average molecular weight is 180 g/mol. The Balaban J connectivity index is 2.53. The standard InChI is InChI=1S/C11H20N2/c1-5-8(2)6-7-11-9(3)12-13-10(11)4/h8H,5-7H2,1-4H3,(H,12,13). The van der Waals surface area contributed by atoms with E-state index in [1.807, 2.05) is 0 Å². The molecule has 1 aromatic rings. The zero-order valence-corrected chi connectivity index (χ0v) is 9.15. The van der Waals surface area contributed by atoms with Crippen LogP contribution in [0.5, 0.6) is 0 Å². The minimum atomic E-state index is 0.827. The van der Waals surface area contributed by atoms with E-state index in [4.69, 9.17) is 0 Å². The highest BCUT2D eigenvalue weighted by Crippen LogP contribution is 2.16. The van der Waals surface area contributed by atoms with Crippen molar-refractivity contribution >= 4 is 0 Å². The summed E-state index contributed by atoms with van der Waals surface area (Å²) >= 11 is 0. The fourth-order valence-electron chi connectivity index (χ4n) is 1.54. The molecular weight excluding hydrogens is 160 g/mol. The van der Waals surface area contributed by atoms with Crippen LogP contribution >= 0.6 is 0 Å². The van der Waals surface area contributed by atoms with E-state index in [2.05, 4.69) is 37.9 Å². The molecule has 0 saturated heterocycles. The first-order valence-corrected chi connectivity index (χ1v) is 5.15. The Morgan fingerprint density at radius 2 is 2.08 bits per heavy atom. The maximum absolute atomic E-state index is 4.19. The molecule has 1 unspecified atom stereocenters. The zero-order valence-electron chi connectivity index (χ0n) is 9.15. The lowest BCUT2D eigenvalue weighted by Crippen LogP contribution is -1.97. The third-order valence-corrected chi connectivity index (χ3v) is 2.86. The smallest absolute Gasteiger partial charge is 0.0625 e. The van der Waals surface area contributed by atoms with Crippen LogP contribution in [0.2, 0.25) is 0 Å². The molecule has 74 valence electrons. The van der Waals surface area contributed by atoms with Crippen LogP contribution in [0.3, 0.4) is 0 Å². The first-order chi connectivity index (χ1) is 6.15. The van der Waals surface area contributed by atoms with Gasteiger partial charge in [-0.2, -0.15) is 5.10 Å². The summed E-state index contributed by atoms with van der Waals surface area (Å²) in [6.45, 7) is 8.74. The van der Waals surface area contributed by atoms with Gasteiger partial charge in [-0.25, -0.2) is 0 Å². The largest absolute Gasteiger partial charge is 0.282 e. The second-order valence-electron chi connectivity index (χ2n) is 3.96. The fourth-order valence-corrected chi connectivity index (χ4v) is 1.54. The van der Waals surface area contributed by atoms with Crippen molar-refractivity contribution in [2.45, 2.75) is 47.0 Å². The van der Waals surface area contributed by atoms with Gasteiger partial charge in [0, 0.05) is 5.69 Å². The van der Waals surface area contributed by atoms with Crippen LogP contribution in [0.15, 0.2) is 0 Å². The van der Waals surface area contributed by atoms with Crippen LogP contribution in [0.25, 0.3) is 0 Å². The van der Waals surface area contributed by atoms with Crippen LogP contribution in [-0.2, 0) is 6.42 Å². The van der Waals surface area contributed by atoms with E-state index in [0.29, 0.717) is 0 Å². The van der Waals surface area contributed by atoms with Gasteiger partial charge in [-0.1, -0.05) is 20.3 Å². The highest BCUT2D eigenvalue weighted by Gasteiger charge is 2.07. The van der Waals surface area contributed by atoms with Gasteiger partial charge in [0.1, 0.15) is 0 Å². The predicted molar refractivity (Wildman–Crippen MR) is 55.8 cm³/mol. The maximum Gasteiger partial charge on any atom is 0.0625 e. The molecule has 0 saturated carbocycles. The number of H-pyrrole nitrogens is 1. The first-order valence-electron chi connectivity index (χ1n) is 5.15. The fraction of sp³-hybridized carbons (Fsp3) is 0.727. The van der Waals surface area contributed by atoms with Gasteiger partial charge in [0.2, 0.25) is 0 Å².